The molecule has 3 rings (SSSR count). The van der Waals surface area contributed by atoms with Gasteiger partial charge < -0.3 is 20.7 Å². The number of anilines is 4. The highest BCUT2D eigenvalue weighted by Gasteiger charge is 2.13. The lowest BCUT2D eigenvalue weighted by Crippen LogP contribution is -2.16. The molecule has 1 aromatic carbocycles. The monoisotopic (exact) mass is 426 g/mol. The second kappa shape index (κ2) is 9.31. The van der Waals surface area contributed by atoms with Crippen LogP contribution in [0.1, 0.15) is 24.0 Å². The Hall–Kier alpha value is -3.53. The van der Waals surface area contributed by atoms with Gasteiger partial charge in [-0.05, 0) is 38.1 Å². The number of aromatic nitrogens is 3. The average Bonchev–Trinajstić information content (AvgIpc) is 3.07. The van der Waals surface area contributed by atoms with Crippen molar-refractivity contribution in [1.29, 1.82) is 0 Å². The van der Waals surface area contributed by atoms with Crippen molar-refractivity contribution < 1.29 is 14.3 Å². The Morgan fingerprint density at radius 3 is 2.47 bits per heavy atom. The van der Waals surface area contributed by atoms with E-state index in [1.165, 1.54) is 25.4 Å². The molecule has 0 bridgehead atoms. The number of carbonyl (C=O) groups is 2. The summed E-state index contributed by atoms with van der Waals surface area (Å²) in [5.41, 5.74) is 3.35. The first-order valence-electron chi connectivity index (χ1n) is 9.11. The number of benzene rings is 1. The van der Waals surface area contributed by atoms with Crippen LogP contribution in [-0.4, -0.2) is 33.9 Å². The average molecular weight is 427 g/mol. The molecule has 3 N–H and O–H groups in total. The quantitative estimate of drug-likeness (QED) is 0.529. The number of rotatable bonds is 7. The van der Waals surface area contributed by atoms with E-state index in [9.17, 15) is 9.59 Å². The van der Waals surface area contributed by atoms with Gasteiger partial charge in [0.2, 0.25) is 17.8 Å². The second-order valence-corrected chi connectivity index (χ2v) is 7.42. The van der Waals surface area contributed by atoms with E-state index in [1.807, 2.05) is 19.9 Å². The summed E-state index contributed by atoms with van der Waals surface area (Å²) in [5.74, 6) is 0.503. The van der Waals surface area contributed by atoms with Crippen LogP contribution in [0.5, 0.6) is 5.75 Å². The number of thiazole rings is 1. The van der Waals surface area contributed by atoms with E-state index in [-0.39, 0.29) is 18.2 Å². The number of amides is 2. The van der Waals surface area contributed by atoms with Crippen LogP contribution in [0.4, 0.5) is 22.5 Å². The molecule has 0 aliphatic carbocycles. The van der Waals surface area contributed by atoms with Crippen LogP contribution >= 0.6 is 11.3 Å². The van der Waals surface area contributed by atoms with E-state index in [2.05, 4.69) is 30.9 Å². The zero-order chi connectivity index (χ0) is 21.7. The Morgan fingerprint density at radius 1 is 1.07 bits per heavy atom. The zero-order valence-electron chi connectivity index (χ0n) is 17.1. The topological polar surface area (TPSA) is 118 Å². The first-order chi connectivity index (χ1) is 14.3. The highest BCUT2D eigenvalue weighted by molar-refractivity contribution is 7.13. The van der Waals surface area contributed by atoms with Crippen LogP contribution in [0.15, 0.2) is 29.6 Å². The summed E-state index contributed by atoms with van der Waals surface area (Å²) in [4.78, 5) is 36.8. The summed E-state index contributed by atoms with van der Waals surface area (Å²) in [6, 6.07) is 6.90. The van der Waals surface area contributed by atoms with Gasteiger partial charge in [-0.15, -0.1) is 11.3 Å². The van der Waals surface area contributed by atoms with E-state index >= 15 is 0 Å². The number of methoxy groups -OCH3 is 1. The van der Waals surface area contributed by atoms with Crippen molar-refractivity contribution in [2.45, 2.75) is 27.2 Å². The van der Waals surface area contributed by atoms with Crippen molar-refractivity contribution in [2.24, 2.45) is 0 Å². The van der Waals surface area contributed by atoms with Gasteiger partial charge in [0, 0.05) is 29.4 Å². The molecular weight excluding hydrogens is 404 g/mol. The number of carbonyl (C=O) groups excluding carboxylic acids is 2. The summed E-state index contributed by atoms with van der Waals surface area (Å²) < 4.78 is 5.28. The minimum absolute atomic E-state index is 0.0827. The molecule has 0 saturated carbocycles. The number of hydrogen-bond donors (Lipinski definition) is 3. The van der Waals surface area contributed by atoms with Crippen LogP contribution < -0.4 is 20.7 Å². The standard InChI is InChI=1S/C20H22N6O3S/c1-11-7-12(2)22-19(21-11)26-20-24-15(10-30-20)9-18(28)25-16-8-14(23-13(3)27)5-6-17(16)29-4/h5-8,10H,9H2,1-4H3,(H,23,27)(H,25,28)(H,21,22,24,26). The highest BCUT2D eigenvalue weighted by Crippen LogP contribution is 2.28. The summed E-state index contributed by atoms with van der Waals surface area (Å²) in [6.07, 6.45) is 0.0827. The first kappa shape index (κ1) is 21.2. The molecular formula is C20H22N6O3S. The van der Waals surface area contributed by atoms with Crippen LogP contribution in [-0.2, 0) is 16.0 Å². The summed E-state index contributed by atoms with van der Waals surface area (Å²) >= 11 is 1.37. The fourth-order valence-corrected chi connectivity index (χ4v) is 3.47. The first-order valence-corrected chi connectivity index (χ1v) is 9.99. The molecule has 2 heterocycles. The van der Waals surface area contributed by atoms with Gasteiger partial charge in [0.1, 0.15) is 5.75 Å². The molecule has 0 saturated heterocycles. The normalized spacial score (nSPS) is 10.4. The predicted molar refractivity (Wildman–Crippen MR) is 117 cm³/mol. The molecule has 10 heteroatoms. The van der Waals surface area contributed by atoms with E-state index in [0.717, 1.165) is 11.4 Å². The lowest BCUT2D eigenvalue weighted by atomic mass is 10.2. The molecule has 0 fully saturated rings. The van der Waals surface area contributed by atoms with Crippen LogP contribution in [0.2, 0.25) is 0 Å². The molecule has 0 radical (unpaired) electrons. The van der Waals surface area contributed by atoms with Crippen molar-refractivity contribution in [3.05, 3.63) is 46.7 Å². The van der Waals surface area contributed by atoms with Gasteiger partial charge in [-0.25, -0.2) is 15.0 Å². The van der Waals surface area contributed by atoms with E-state index in [0.29, 0.717) is 33.9 Å². The molecule has 30 heavy (non-hydrogen) atoms. The van der Waals surface area contributed by atoms with Gasteiger partial charge in [0.05, 0.1) is 24.9 Å². The maximum atomic E-state index is 12.5. The second-order valence-electron chi connectivity index (χ2n) is 6.56. The molecule has 0 aliphatic rings. The molecule has 3 aromatic rings. The Balaban J connectivity index is 1.66. The van der Waals surface area contributed by atoms with Crippen molar-refractivity contribution >= 4 is 45.6 Å². The van der Waals surface area contributed by atoms with Crippen molar-refractivity contribution in [2.75, 3.05) is 23.1 Å². The third-order valence-electron chi connectivity index (χ3n) is 3.89. The predicted octanol–water partition coefficient (Wildman–Crippen LogP) is 3.44. The largest absolute Gasteiger partial charge is 0.495 e. The maximum Gasteiger partial charge on any atom is 0.230 e. The molecule has 0 atom stereocenters. The van der Waals surface area contributed by atoms with Gasteiger partial charge in [0.15, 0.2) is 5.13 Å². The highest BCUT2D eigenvalue weighted by atomic mass is 32.1. The Labute approximate surface area is 177 Å². The van der Waals surface area contributed by atoms with Gasteiger partial charge in [-0.3, -0.25) is 9.59 Å². The lowest BCUT2D eigenvalue weighted by Gasteiger charge is -2.12. The Kier molecular flexibility index (Phi) is 6.58. The third-order valence-corrected chi connectivity index (χ3v) is 4.69. The number of aryl methyl sites for hydroxylation is 2. The fraction of sp³-hybridized carbons (Fsp3) is 0.250. The summed E-state index contributed by atoms with van der Waals surface area (Å²) in [7, 11) is 1.51. The van der Waals surface area contributed by atoms with E-state index < -0.39 is 0 Å². The minimum Gasteiger partial charge on any atom is -0.495 e. The molecule has 0 spiro atoms. The van der Waals surface area contributed by atoms with Crippen molar-refractivity contribution in [1.82, 2.24) is 15.0 Å². The third kappa shape index (κ3) is 5.74. The van der Waals surface area contributed by atoms with Crippen molar-refractivity contribution in [3.63, 3.8) is 0 Å². The molecule has 156 valence electrons. The van der Waals surface area contributed by atoms with Gasteiger partial charge in [-0.1, -0.05) is 0 Å². The number of hydrogen-bond acceptors (Lipinski definition) is 8. The SMILES string of the molecule is COc1ccc(NC(C)=O)cc1NC(=O)Cc1csc(Nc2nc(C)cc(C)n2)n1. The van der Waals surface area contributed by atoms with Gasteiger partial charge in [-0.2, -0.15) is 0 Å². The Bertz CT molecular complexity index is 1060. The van der Waals surface area contributed by atoms with E-state index in [4.69, 9.17) is 4.74 Å². The van der Waals surface area contributed by atoms with Crippen LogP contribution in [0, 0.1) is 13.8 Å². The fourth-order valence-electron chi connectivity index (χ4n) is 2.77. The van der Waals surface area contributed by atoms with Crippen LogP contribution in [0.25, 0.3) is 0 Å². The molecule has 2 amide bonds. The number of ether oxygens (including phenoxy) is 1. The zero-order valence-corrected chi connectivity index (χ0v) is 17.9. The van der Waals surface area contributed by atoms with Gasteiger partial charge in [0.25, 0.3) is 0 Å². The molecule has 2 aromatic heterocycles. The van der Waals surface area contributed by atoms with Crippen LogP contribution in [0.3, 0.4) is 0 Å². The maximum absolute atomic E-state index is 12.5. The summed E-state index contributed by atoms with van der Waals surface area (Å²) in [5, 5.41) is 11.0. The summed E-state index contributed by atoms with van der Waals surface area (Å²) in [6.45, 7) is 5.21. The number of nitrogens with zero attached hydrogens (tertiary/aromatic N) is 3. The van der Waals surface area contributed by atoms with Crippen molar-refractivity contribution in [3.8, 4) is 5.75 Å². The molecule has 0 aliphatic heterocycles. The number of nitrogens with one attached hydrogen (secondary N) is 3. The lowest BCUT2D eigenvalue weighted by molar-refractivity contribution is -0.116. The van der Waals surface area contributed by atoms with E-state index in [1.54, 1.807) is 23.6 Å². The minimum atomic E-state index is -0.257. The molecule has 0 unspecified atom stereocenters. The molecule has 9 nitrogen and oxygen atoms in total. The Morgan fingerprint density at radius 2 is 1.80 bits per heavy atom. The smallest absolute Gasteiger partial charge is 0.230 e. The van der Waals surface area contributed by atoms with Gasteiger partial charge >= 0.3 is 0 Å².